The van der Waals surface area contributed by atoms with Crippen molar-refractivity contribution in [3.63, 3.8) is 0 Å². The Morgan fingerprint density at radius 2 is 1.94 bits per heavy atom. The summed E-state index contributed by atoms with van der Waals surface area (Å²) in [4.78, 5) is 0. The van der Waals surface area contributed by atoms with E-state index in [4.69, 9.17) is 0 Å². The highest BCUT2D eigenvalue weighted by molar-refractivity contribution is 5.85. The third-order valence-electron chi connectivity index (χ3n) is 1.66. The van der Waals surface area contributed by atoms with E-state index in [1.807, 2.05) is 0 Å². The van der Waals surface area contributed by atoms with Gasteiger partial charge < -0.3 is 10.1 Å². The standard InChI is InChI=1S/C9H9F4NO.ClH/c1-14-5-6-7(10)3-2-4-8(6)15-9(11,12)13;/h2-4,14H,5H2,1H3;1H. The SMILES string of the molecule is CNCc1c(F)cccc1OC(F)(F)F.Cl. The highest BCUT2D eigenvalue weighted by atomic mass is 35.5. The number of benzene rings is 1. The van der Waals surface area contributed by atoms with Gasteiger partial charge in [-0.1, -0.05) is 6.07 Å². The summed E-state index contributed by atoms with van der Waals surface area (Å²) in [5.41, 5.74) is -0.141. The molecule has 0 heterocycles. The Morgan fingerprint density at radius 3 is 2.44 bits per heavy atom. The predicted molar refractivity (Wildman–Crippen MR) is 53.1 cm³/mol. The second-order valence-electron chi connectivity index (χ2n) is 2.79. The van der Waals surface area contributed by atoms with Gasteiger partial charge in [0.25, 0.3) is 0 Å². The Morgan fingerprint density at radius 1 is 1.31 bits per heavy atom. The van der Waals surface area contributed by atoms with Gasteiger partial charge in [-0.2, -0.15) is 0 Å². The number of alkyl halides is 3. The summed E-state index contributed by atoms with van der Waals surface area (Å²) in [5, 5.41) is 2.56. The number of hydrogen-bond donors (Lipinski definition) is 1. The first kappa shape index (κ1) is 15.0. The van der Waals surface area contributed by atoms with Crippen LogP contribution in [0.3, 0.4) is 0 Å². The molecule has 1 aromatic carbocycles. The normalized spacial score (nSPS) is 10.8. The average Bonchev–Trinajstić information content (AvgIpc) is 2.08. The molecular weight excluding hydrogens is 250 g/mol. The average molecular weight is 260 g/mol. The molecule has 0 atom stereocenters. The third kappa shape index (κ3) is 4.24. The molecule has 0 unspecified atom stereocenters. The van der Waals surface area contributed by atoms with Crippen molar-refractivity contribution in [3.8, 4) is 5.75 Å². The molecule has 0 fully saturated rings. The van der Waals surface area contributed by atoms with Crippen LogP contribution in [0.1, 0.15) is 5.56 Å². The summed E-state index contributed by atoms with van der Waals surface area (Å²) < 4.78 is 52.6. The van der Waals surface area contributed by atoms with Crippen LogP contribution in [0.4, 0.5) is 17.6 Å². The summed E-state index contributed by atoms with van der Waals surface area (Å²) in [6, 6.07) is 3.31. The van der Waals surface area contributed by atoms with Crippen LogP contribution in [0.25, 0.3) is 0 Å². The van der Waals surface area contributed by atoms with E-state index in [9.17, 15) is 17.6 Å². The molecule has 0 spiro atoms. The highest BCUT2D eigenvalue weighted by Gasteiger charge is 2.32. The largest absolute Gasteiger partial charge is 0.573 e. The lowest BCUT2D eigenvalue weighted by atomic mass is 10.2. The quantitative estimate of drug-likeness (QED) is 0.843. The first-order chi connectivity index (χ1) is 6.94. The highest BCUT2D eigenvalue weighted by Crippen LogP contribution is 2.27. The molecule has 0 radical (unpaired) electrons. The molecular formula is C9H10ClF4NO. The third-order valence-corrected chi connectivity index (χ3v) is 1.66. The maximum atomic E-state index is 13.1. The number of hydrogen-bond acceptors (Lipinski definition) is 2. The maximum absolute atomic E-state index is 13.1. The Hall–Kier alpha value is -1.01. The second-order valence-corrected chi connectivity index (χ2v) is 2.79. The lowest BCUT2D eigenvalue weighted by molar-refractivity contribution is -0.275. The van der Waals surface area contributed by atoms with Crippen molar-refractivity contribution in [2.75, 3.05) is 7.05 Å². The fourth-order valence-corrected chi connectivity index (χ4v) is 1.11. The van der Waals surface area contributed by atoms with Gasteiger partial charge in [0.2, 0.25) is 0 Å². The van der Waals surface area contributed by atoms with Crippen molar-refractivity contribution < 1.29 is 22.3 Å². The van der Waals surface area contributed by atoms with E-state index in [-0.39, 0.29) is 24.5 Å². The van der Waals surface area contributed by atoms with E-state index >= 15 is 0 Å². The first-order valence-corrected chi connectivity index (χ1v) is 4.12. The van der Waals surface area contributed by atoms with Crippen LogP contribution in [0.2, 0.25) is 0 Å². The predicted octanol–water partition coefficient (Wildman–Crippen LogP) is 2.87. The zero-order valence-corrected chi connectivity index (χ0v) is 9.08. The van der Waals surface area contributed by atoms with Crippen molar-refractivity contribution in [3.05, 3.63) is 29.6 Å². The Balaban J connectivity index is 0.00000225. The first-order valence-electron chi connectivity index (χ1n) is 4.12. The zero-order valence-electron chi connectivity index (χ0n) is 8.27. The van der Waals surface area contributed by atoms with Crippen molar-refractivity contribution in [2.45, 2.75) is 12.9 Å². The molecule has 0 aliphatic heterocycles. The van der Waals surface area contributed by atoms with Crippen LogP contribution >= 0.6 is 12.4 Å². The van der Waals surface area contributed by atoms with Crippen LogP contribution in [0.5, 0.6) is 5.75 Å². The molecule has 0 saturated heterocycles. The van der Waals surface area contributed by atoms with E-state index in [2.05, 4.69) is 10.1 Å². The van der Waals surface area contributed by atoms with Crippen molar-refractivity contribution in [2.24, 2.45) is 0 Å². The fraction of sp³-hybridized carbons (Fsp3) is 0.333. The van der Waals surface area contributed by atoms with Gasteiger partial charge in [0.05, 0.1) is 0 Å². The van der Waals surface area contributed by atoms with Gasteiger partial charge in [-0.15, -0.1) is 25.6 Å². The minimum atomic E-state index is -4.81. The van der Waals surface area contributed by atoms with Gasteiger partial charge in [0.15, 0.2) is 0 Å². The molecule has 7 heteroatoms. The molecule has 0 aliphatic rings. The van der Waals surface area contributed by atoms with Crippen molar-refractivity contribution in [1.29, 1.82) is 0 Å². The van der Waals surface area contributed by atoms with Gasteiger partial charge in [-0.25, -0.2) is 4.39 Å². The van der Waals surface area contributed by atoms with Crippen LogP contribution in [-0.2, 0) is 6.54 Å². The molecule has 2 nitrogen and oxygen atoms in total. The lowest BCUT2D eigenvalue weighted by Gasteiger charge is -2.13. The number of ether oxygens (including phenoxy) is 1. The van der Waals surface area contributed by atoms with Crippen molar-refractivity contribution in [1.82, 2.24) is 5.32 Å². The van der Waals surface area contributed by atoms with E-state index < -0.39 is 17.9 Å². The Labute approximate surface area is 96.0 Å². The Bertz CT molecular complexity index is 343. The van der Waals surface area contributed by atoms with Gasteiger partial charge in [-0.3, -0.25) is 0 Å². The summed E-state index contributed by atoms with van der Waals surface area (Å²) in [5.74, 6) is -1.25. The fourth-order valence-electron chi connectivity index (χ4n) is 1.11. The molecule has 1 N–H and O–H groups in total. The van der Waals surface area contributed by atoms with E-state index in [1.165, 1.54) is 7.05 Å². The lowest BCUT2D eigenvalue weighted by Crippen LogP contribution is -2.19. The van der Waals surface area contributed by atoms with E-state index in [1.54, 1.807) is 0 Å². The summed E-state index contributed by atoms with van der Waals surface area (Å²) >= 11 is 0. The summed E-state index contributed by atoms with van der Waals surface area (Å²) in [6.07, 6.45) is -4.81. The van der Waals surface area contributed by atoms with Gasteiger partial charge in [-0.05, 0) is 19.2 Å². The van der Waals surface area contributed by atoms with E-state index in [0.717, 1.165) is 18.2 Å². The topological polar surface area (TPSA) is 21.3 Å². The number of rotatable bonds is 3. The van der Waals surface area contributed by atoms with Crippen molar-refractivity contribution >= 4 is 12.4 Å². The molecule has 0 bridgehead atoms. The minimum Gasteiger partial charge on any atom is -0.405 e. The molecule has 0 saturated carbocycles. The van der Waals surface area contributed by atoms with Gasteiger partial charge in [0, 0.05) is 12.1 Å². The van der Waals surface area contributed by atoms with Crippen LogP contribution in [0, 0.1) is 5.82 Å². The molecule has 0 aliphatic carbocycles. The molecule has 1 aromatic rings. The van der Waals surface area contributed by atoms with Crippen LogP contribution < -0.4 is 10.1 Å². The van der Waals surface area contributed by atoms with Crippen LogP contribution in [-0.4, -0.2) is 13.4 Å². The van der Waals surface area contributed by atoms with E-state index in [0.29, 0.717) is 0 Å². The molecule has 0 amide bonds. The maximum Gasteiger partial charge on any atom is 0.573 e. The van der Waals surface area contributed by atoms with Crippen LogP contribution in [0.15, 0.2) is 18.2 Å². The summed E-state index contributed by atoms with van der Waals surface area (Å²) in [7, 11) is 1.50. The van der Waals surface area contributed by atoms with Gasteiger partial charge >= 0.3 is 6.36 Å². The number of nitrogens with one attached hydrogen (secondary N) is 1. The smallest absolute Gasteiger partial charge is 0.405 e. The van der Waals surface area contributed by atoms with Gasteiger partial charge in [0.1, 0.15) is 11.6 Å². The second kappa shape index (κ2) is 5.91. The monoisotopic (exact) mass is 259 g/mol. The summed E-state index contributed by atoms with van der Waals surface area (Å²) in [6.45, 7) is -0.0297. The molecule has 92 valence electrons. The molecule has 16 heavy (non-hydrogen) atoms. The number of halogens is 5. The molecule has 0 aromatic heterocycles. The minimum absolute atomic E-state index is 0. The molecule has 1 rings (SSSR count). The Kier molecular flexibility index (Phi) is 5.53. The zero-order chi connectivity index (χ0) is 11.5.